The Morgan fingerprint density at radius 3 is 2.89 bits per heavy atom. The first-order valence-electron chi connectivity index (χ1n) is 7.05. The molecule has 1 heterocycles. The maximum absolute atomic E-state index is 12.3. The quantitative estimate of drug-likeness (QED) is 0.866. The summed E-state index contributed by atoms with van der Waals surface area (Å²) in [6, 6.07) is 7.82. The number of benzene rings is 1. The van der Waals surface area contributed by atoms with Crippen LogP contribution in [0.5, 0.6) is 0 Å². The Balaban J connectivity index is 1.53. The van der Waals surface area contributed by atoms with Gasteiger partial charge >= 0.3 is 0 Å². The highest BCUT2D eigenvalue weighted by molar-refractivity contribution is 5.93. The van der Waals surface area contributed by atoms with Gasteiger partial charge in [-0.05, 0) is 43.2 Å². The number of fused-ring (bicyclic) bond motifs is 3. The number of aromatic nitrogens is 2. The second-order valence-electron chi connectivity index (χ2n) is 5.87. The number of anilines is 1. The third-order valence-electron chi connectivity index (χ3n) is 4.71. The molecule has 2 N–H and O–H groups in total. The molecule has 3 atom stereocenters. The van der Waals surface area contributed by atoms with E-state index in [2.05, 4.69) is 15.3 Å². The minimum Gasteiger partial charge on any atom is -0.324 e. The number of rotatable bonds is 2. The number of hydrogen-bond donors (Lipinski definition) is 2. The van der Waals surface area contributed by atoms with E-state index >= 15 is 0 Å². The largest absolute Gasteiger partial charge is 0.324 e. The molecule has 4 rings (SSSR count). The molecule has 4 heteroatoms. The molecule has 2 aromatic rings. The van der Waals surface area contributed by atoms with Crippen molar-refractivity contribution in [2.45, 2.75) is 25.7 Å². The molecule has 1 amide bonds. The van der Waals surface area contributed by atoms with Crippen molar-refractivity contribution in [3.63, 3.8) is 0 Å². The van der Waals surface area contributed by atoms with Gasteiger partial charge in [0.15, 0.2) is 0 Å². The van der Waals surface area contributed by atoms with Crippen LogP contribution in [-0.2, 0) is 4.79 Å². The average Bonchev–Trinajstić information content (AvgIpc) is 3.12. The van der Waals surface area contributed by atoms with Crippen molar-refractivity contribution in [2.75, 3.05) is 5.32 Å². The third-order valence-corrected chi connectivity index (χ3v) is 4.71. The lowest BCUT2D eigenvalue weighted by Gasteiger charge is -2.19. The highest BCUT2D eigenvalue weighted by atomic mass is 16.2. The van der Waals surface area contributed by atoms with Crippen molar-refractivity contribution in [1.82, 2.24) is 9.97 Å². The third kappa shape index (κ3) is 1.82. The van der Waals surface area contributed by atoms with Crippen molar-refractivity contribution in [3.05, 3.63) is 24.3 Å². The van der Waals surface area contributed by atoms with Gasteiger partial charge in [0, 0.05) is 5.92 Å². The van der Waals surface area contributed by atoms with E-state index in [9.17, 15) is 4.79 Å². The number of para-hydroxylation sites is 2. The van der Waals surface area contributed by atoms with Gasteiger partial charge in [0.2, 0.25) is 11.9 Å². The molecule has 1 aromatic heterocycles. The molecule has 98 valence electrons. The summed E-state index contributed by atoms with van der Waals surface area (Å²) in [6.07, 6.45) is 4.86. The first-order chi connectivity index (χ1) is 9.29. The van der Waals surface area contributed by atoms with Gasteiger partial charge in [-0.25, -0.2) is 4.98 Å². The first kappa shape index (κ1) is 11.0. The summed E-state index contributed by atoms with van der Waals surface area (Å²) in [5, 5.41) is 2.95. The molecule has 4 nitrogen and oxygen atoms in total. The zero-order chi connectivity index (χ0) is 12.8. The number of H-pyrrole nitrogens is 1. The molecule has 2 bridgehead atoms. The van der Waals surface area contributed by atoms with E-state index in [-0.39, 0.29) is 11.8 Å². The Morgan fingerprint density at radius 1 is 1.26 bits per heavy atom. The lowest BCUT2D eigenvalue weighted by atomic mass is 9.88. The van der Waals surface area contributed by atoms with Crippen LogP contribution in [0.2, 0.25) is 0 Å². The summed E-state index contributed by atoms with van der Waals surface area (Å²) < 4.78 is 0. The molecule has 2 saturated carbocycles. The zero-order valence-corrected chi connectivity index (χ0v) is 10.7. The van der Waals surface area contributed by atoms with Crippen LogP contribution < -0.4 is 5.32 Å². The van der Waals surface area contributed by atoms with E-state index in [4.69, 9.17) is 0 Å². The van der Waals surface area contributed by atoms with E-state index in [1.165, 1.54) is 19.3 Å². The standard InChI is InChI=1S/C15H17N3O/c19-14(11-8-9-5-6-10(11)7-9)18-15-16-12-3-1-2-4-13(12)17-15/h1-4,9-11H,5-8H2,(H2,16,17,18,19)/t9-,10-,11+/m0/s1. The van der Waals surface area contributed by atoms with Crippen LogP contribution in [0, 0.1) is 17.8 Å². The van der Waals surface area contributed by atoms with E-state index in [0.29, 0.717) is 11.9 Å². The number of imidazole rings is 1. The smallest absolute Gasteiger partial charge is 0.230 e. The summed E-state index contributed by atoms with van der Waals surface area (Å²) >= 11 is 0. The normalized spacial score (nSPS) is 28.9. The van der Waals surface area contributed by atoms with Crippen LogP contribution in [0.4, 0.5) is 5.95 Å². The summed E-state index contributed by atoms with van der Waals surface area (Å²) in [5.74, 6) is 2.32. The Morgan fingerprint density at radius 2 is 2.16 bits per heavy atom. The molecule has 2 aliphatic carbocycles. The van der Waals surface area contributed by atoms with Crippen LogP contribution in [0.1, 0.15) is 25.7 Å². The van der Waals surface area contributed by atoms with Crippen LogP contribution >= 0.6 is 0 Å². The zero-order valence-electron chi connectivity index (χ0n) is 10.7. The lowest BCUT2D eigenvalue weighted by molar-refractivity contribution is -0.121. The van der Waals surface area contributed by atoms with Crippen molar-refractivity contribution < 1.29 is 4.79 Å². The van der Waals surface area contributed by atoms with Gasteiger partial charge < -0.3 is 4.98 Å². The van der Waals surface area contributed by atoms with Crippen molar-refractivity contribution in [2.24, 2.45) is 17.8 Å². The van der Waals surface area contributed by atoms with E-state index < -0.39 is 0 Å². The maximum Gasteiger partial charge on any atom is 0.230 e. The highest BCUT2D eigenvalue weighted by Gasteiger charge is 2.43. The van der Waals surface area contributed by atoms with Crippen LogP contribution in [0.15, 0.2) is 24.3 Å². The molecule has 2 aliphatic rings. The molecular formula is C15H17N3O. The molecule has 0 spiro atoms. The molecule has 2 fully saturated rings. The topological polar surface area (TPSA) is 57.8 Å². The monoisotopic (exact) mass is 255 g/mol. The number of amides is 1. The van der Waals surface area contributed by atoms with Crippen molar-refractivity contribution in [1.29, 1.82) is 0 Å². The number of carbonyl (C=O) groups is 1. The number of nitrogens with one attached hydrogen (secondary N) is 2. The summed E-state index contributed by atoms with van der Waals surface area (Å²) in [6.45, 7) is 0. The predicted molar refractivity (Wildman–Crippen MR) is 73.7 cm³/mol. The molecule has 0 aliphatic heterocycles. The Labute approximate surface area is 111 Å². The van der Waals surface area contributed by atoms with E-state index in [0.717, 1.165) is 23.4 Å². The van der Waals surface area contributed by atoms with Crippen LogP contribution in [0.25, 0.3) is 11.0 Å². The Hall–Kier alpha value is -1.84. The first-order valence-corrected chi connectivity index (χ1v) is 7.05. The summed E-state index contributed by atoms with van der Waals surface area (Å²) in [5.41, 5.74) is 1.86. The minimum absolute atomic E-state index is 0.145. The van der Waals surface area contributed by atoms with Gasteiger partial charge in [-0.15, -0.1) is 0 Å². The maximum atomic E-state index is 12.3. The van der Waals surface area contributed by atoms with Crippen molar-refractivity contribution >= 4 is 22.9 Å². The van der Waals surface area contributed by atoms with E-state index in [1.54, 1.807) is 0 Å². The molecule has 19 heavy (non-hydrogen) atoms. The lowest BCUT2D eigenvalue weighted by Crippen LogP contribution is -2.27. The van der Waals surface area contributed by atoms with Crippen LogP contribution in [0.3, 0.4) is 0 Å². The Bertz CT molecular complexity index is 600. The van der Waals surface area contributed by atoms with Gasteiger partial charge in [0.05, 0.1) is 11.0 Å². The van der Waals surface area contributed by atoms with Gasteiger partial charge in [-0.1, -0.05) is 18.6 Å². The summed E-state index contributed by atoms with van der Waals surface area (Å²) in [7, 11) is 0. The number of nitrogens with zero attached hydrogens (tertiary/aromatic N) is 1. The van der Waals surface area contributed by atoms with Gasteiger partial charge in [0.1, 0.15) is 0 Å². The fraction of sp³-hybridized carbons (Fsp3) is 0.467. The second-order valence-corrected chi connectivity index (χ2v) is 5.87. The number of carbonyl (C=O) groups excluding carboxylic acids is 1. The van der Waals surface area contributed by atoms with Gasteiger partial charge in [0.25, 0.3) is 0 Å². The predicted octanol–water partition coefficient (Wildman–Crippen LogP) is 2.94. The molecule has 0 unspecified atom stereocenters. The SMILES string of the molecule is O=C(Nc1nc2ccccc2[nH]1)[C@@H]1C[C@H]2CC[C@H]1C2. The molecule has 0 radical (unpaired) electrons. The second kappa shape index (κ2) is 4.08. The molecular weight excluding hydrogens is 238 g/mol. The van der Waals surface area contributed by atoms with Gasteiger partial charge in [-0.2, -0.15) is 0 Å². The Kier molecular flexibility index (Phi) is 2.37. The number of aromatic amines is 1. The fourth-order valence-corrected chi connectivity index (χ4v) is 3.79. The minimum atomic E-state index is 0.145. The fourth-order valence-electron chi connectivity index (χ4n) is 3.79. The summed E-state index contributed by atoms with van der Waals surface area (Å²) in [4.78, 5) is 19.9. The van der Waals surface area contributed by atoms with Gasteiger partial charge in [-0.3, -0.25) is 10.1 Å². The molecule has 1 aromatic carbocycles. The molecule has 0 saturated heterocycles. The van der Waals surface area contributed by atoms with Crippen LogP contribution in [-0.4, -0.2) is 15.9 Å². The highest BCUT2D eigenvalue weighted by Crippen LogP contribution is 2.48. The number of hydrogen-bond acceptors (Lipinski definition) is 2. The van der Waals surface area contributed by atoms with Crippen molar-refractivity contribution in [3.8, 4) is 0 Å². The average molecular weight is 255 g/mol. The van der Waals surface area contributed by atoms with E-state index in [1.807, 2.05) is 24.3 Å².